The molecule has 2 atom stereocenters. The van der Waals surface area contributed by atoms with Crippen LogP contribution < -0.4 is 10.0 Å². The Bertz CT molecular complexity index is 925. The molecule has 0 bridgehead atoms. The van der Waals surface area contributed by atoms with E-state index in [1.54, 1.807) is 11.8 Å². The van der Waals surface area contributed by atoms with E-state index in [-0.39, 0.29) is 26.8 Å². The fraction of sp³-hybridized carbons (Fsp3) is 0.350. The molecule has 0 saturated heterocycles. The van der Waals surface area contributed by atoms with E-state index in [2.05, 4.69) is 10.0 Å². The minimum Gasteiger partial charge on any atom is -0.354 e. The molecule has 0 aliphatic rings. The largest absolute Gasteiger partial charge is 0.354 e. The average Bonchev–Trinajstić information content (AvgIpc) is 2.71. The number of carbonyl (C=O) groups excluding carboxylic acids is 1. The summed E-state index contributed by atoms with van der Waals surface area (Å²) in [7, 11) is -3.93. The summed E-state index contributed by atoms with van der Waals surface area (Å²) in [4.78, 5) is 12.7. The lowest BCUT2D eigenvalue weighted by Gasteiger charge is -2.20. The van der Waals surface area contributed by atoms with Crippen LogP contribution in [-0.2, 0) is 14.8 Å². The maximum absolute atomic E-state index is 12.7. The summed E-state index contributed by atoms with van der Waals surface area (Å²) < 4.78 is 28.0. The van der Waals surface area contributed by atoms with Gasteiger partial charge >= 0.3 is 0 Å². The molecule has 0 fully saturated rings. The van der Waals surface area contributed by atoms with E-state index in [1.165, 1.54) is 18.2 Å². The molecule has 0 unspecified atom stereocenters. The zero-order valence-corrected chi connectivity index (χ0v) is 19.3. The van der Waals surface area contributed by atoms with Gasteiger partial charge in [-0.3, -0.25) is 4.79 Å². The molecular weight excluding hydrogens is 451 g/mol. The van der Waals surface area contributed by atoms with Crippen LogP contribution in [0.2, 0.25) is 10.0 Å². The molecule has 0 aromatic heterocycles. The van der Waals surface area contributed by atoms with E-state index in [0.29, 0.717) is 18.7 Å². The summed E-state index contributed by atoms with van der Waals surface area (Å²) in [5.74, 6) is 0.384. The van der Waals surface area contributed by atoms with Gasteiger partial charge in [-0.25, -0.2) is 8.42 Å². The summed E-state index contributed by atoms with van der Waals surface area (Å²) in [5, 5.41) is 3.26. The van der Waals surface area contributed by atoms with Gasteiger partial charge in [0, 0.05) is 6.54 Å². The number of hydrogen-bond donors (Lipinski definition) is 2. The Hall–Kier alpha value is -1.25. The van der Waals surface area contributed by atoms with Gasteiger partial charge in [-0.05, 0) is 48.1 Å². The van der Waals surface area contributed by atoms with E-state index >= 15 is 0 Å². The van der Waals surface area contributed by atoms with Gasteiger partial charge in [0.15, 0.2) is 0 Å². The van der Waals surface area contributed by atoms with Crippen LogP contribution in [0.4, 0.5) is 0 Å². The average molecular weight is 475 g/mol. The van der Waals surface area contributed by atoms with Gasteiger partial charge in [-0.15, -0.1) is 0 Å². The quantitative estimate of drug-likeness (QED) is 0.537. The van der Waals surface area contributed by atoms with Crippen LogP contribution in [0.1, 0.15) is 24.8 Å². The van der Waals surface area contributed by atoms with Gasteiger partial charge < -0.3 is 5.32 Å². The number of thioether (sulfide) groups is 1. The second kappa shape index (κ2) is 11.2. The highest BCUT2D eigenvalue weighted by Crippen LogP contribution is 2.25. The molecule has 9 heteroatoms. The van der Waals surface area contributed by atoms with Crippen LogP contribution in [-0.4, -0.2) is 38.9 Å². The molecule has 2 N–H and O–H groups in total. The first-order chi connectivity index (χ1) is 13.7. The van der Waals surface area contributed by atoms with Crippen molar-refractivity contribution < 1.29 is 13.2 Å². The molecule has 0 aliphatic heterocycles. The normalized spacial score (nSPS) is 13.7. The van der Waals surface area contributed by atoms with E-state index < -0.39 is 16.1 Å². The number of amides is 1. The highest BCUT2D eigenvalue weighted by atomic mass is 35.5. The number of rotatable bonds is 10. The smallest absolute Gasteiger partial charge is 0.241 e. The van der Waals surface area contributed by atoms with Gasteiger partial charge in [0.1, 0.15) is 6.04 Å². The third-order valence-electron chi connectivity index (χ3n) is 4.38. The van der Waals surface area contributed by atoms with Crippen molar-refractivity contribution in [1.29, 1.82) is 0 Å². The lowest BCUT2D eigenvalue weighted by Crippen LogP contribution is -2.47. The topological polar surface area (TPSA) is 75.3 Å². The molecule has 0 radical (unpaired) electrons. The van der Waals surface area contributed by atoms with Crippen LogP contribution in [0, 0.1) is 0 Å². The van der Waals surface area contributed by atoms with Crippen molar-refractivity contribution in [3.05, 3.63) is 64.1 Å². The van der Waals surface area contributed by atoms with Crippen LogP contribution in [0.25, 0.3) is 0 Å². The SMILES string of the molecule is CSCC[C@@H](NS(=O)(=O)c1ccc(Cl)c(Cl)c1)C(=O)NC[C@@H](C)c1ccccc1. The Morgan fingerprint density at radius 3 is 2.41 bits per heavy atom. The standard InChI is InChI=1S/C20H24Cl2N2O3S2/c1-14(15-6-4-3-5-7-15)13-23-20(25)19(10-11-28-2)24-29(26,27)16-8-9-17(21)18(22)12-16/h3-9,12,14,19,24H,10-11,13H2,1-2H3,(H,23,25)/t14-,19-/m1/s1. The number of carbonyl (C=O) groups is 1. The molecule has 158 valence electrons. The molecule has 5 nitrogen and oxygen atoms in total. The van der Waals surface area contributed by atoms with Crippen molar-refractivity contribution in [2.24, 2.45) is 0 Å². The molecule has 1 amide bonds. The Morgan fingerprint density at radius 2 is 1.79 bits per heavy atom. The van der Waals surface area contributed by atoms with Crippen molar-refractivity contribution in [2.75, 3.05) is 18.6 Å². The fourth-order valence-corrected chi connectivity index (χ4v) is 4.74. The van der Waals surface area contributed by atoms with Crippen molar-refractivity contribution in [3.63, 3.8) is 0 Å². The van der Waals surface area contributed by atoms with Gasteiger partial charge in [0.25, 0.3) is 0 Å². The molecule has 29 heavy (non-hydrogen) atoms. The molecular formula is C20H24Cl2N2O3S2. The van der Waals surface area contributed by atoms with Gasteiger partial charge in [0.2, 0.25) is 15.9 Å². The molecule has 2 aromatic carbocycles. The number of benzene rings is 2. The van der Waals surface area contributed by atoms with Crippen molar-refractivity contribution in [1.82, 2.24) is 10.0 Å². The third kappa shape index (κ3) is 7.19. The fourth-order valence-electron chi connectivity index (χ4n) is 2.65. The lowest BCUT2D eigenvalue weighted by atomic mass is 10.0. The molecule has 0 aliphatic carbocycles. The second-order valence-corrected chi connectivity index (χ2v) is 10.1. The summed E-state index contributed by atoms with van der Waals surface area (Å²) in [6.45, 7) is 2.42. The maximum Gasteiger partial charge on any atom is 0.241 e. The molecule has 0 heterocycles. The van der Waals surface area contributed by atoms with Crippen molar-refractivity contribution >= 4 is 50.9 Å². The first-order valence-corrected chi connectivity index (χ1v) is 12.7. The van der Waals surface area contributed by atoms with Crippen LogP contribution in [0.5, 0.6) is 0 Å². The van der Waals surface area contributed by atoms with E-state index in [1.807, 2.05) is 43.5 Å². The molecule has 2 rings (SSSR count). The minimum absolute atomic E-state index is 0.0356. The number of halogens is 2. The third-order valence-corrected chi connectivity index (χ3v) is 7.23. The molecule has 0 saturated carbocycles. The number of nitrogens with one attached hydrogen (secondary N) is 2. The Balaban J connectivity index is 2.08. The van der Waals surface area contributed by atoms with Gasteiger partial charge in [-0.1, -0.05) is 60.5 Å². The lowest BCUT2D eigenvalue weighted by molar-refractivity contribution is -0.122. The first kappa shape index (κ1) is 24.0. The first-order valence-electron chi connectivity index (χ1n) is 9.03. The number of sulfonamides is 1. The highest BCUT2D eigenvalue weighted by Gasteiger charge is 2.26. The highest BCUT2D eigenvalue weighted by molar-refractivity contribution is 7.98. The van der Waals surface area contributed by atoms with E-state index in [0.717, 1.165) is 5.56 Å². The van der Waals surface area contributed by atoms with Crippen LogP contribution in [0.15, 0.2) is 53.4 Å². The zero-order valence-electron chi connectivity index (χ0n) is 16.2. The van der Waals surface area contributed by atoms with Crippen molar-refractivity contribution in [2.45, 2.75) is 30.2 Å². The summed E-state index contributed by atoms with van der Waals surface area (Å²) in [6, 6.07) is 13.0. The summed E-state index contributed by atoms with van der Waals surface area (Å²) in [6.07, 6.45) is 2.27. The van der Waals surface area contributed by atoms with Crippen LogP contribution in [0.3, 0.4) is 0 Å². The Labute approximate surface area is 186 Å². The minimum atomic E-state index is -3.93. The Kier molecular flexibility index (Phi) is 9.30. The predicted molar refractivity (Wildman–Crippen MR) is 121 cm³/mol. The Morgan fingerprint density at radius 1 is 1.10 bits per heavy atom. The van der Waals surface area contributed by atoms with Crippen molar-refractivity contribution in [3.8, 4) is 0 Å². The van der Waals surface area contributed by atoms with Crippen LogP contribution >= 0.6 is 35.0 Å². The maximum atomic E-state index is 12.7. The molecule has 2 aromatic rings. The van der Waals surface area contributed by atoms with Gasteiger partial charge in [0.05, 0.1) is 14.9 Å². The monoisotopic (exact) mass is 474 g/mol. The second-order valence-electron chi connectivity index (χ2n) is 6.59. The number of hydrogen-bond acceptors (Lipinski definition) is 4. The van der Waals surface area contributed by atoms with Gasteiger partial charge in [-0.2, -0.15) is 16.5 Å². The predicted octanol–water partition coefficient (Wildman–Crippen LogP) is 4.31. The zero-order chi connectivity index (χ0) is 21.4. The summed E-state index contributed by atoms with van der Waals surface area (Å²) in [5.41, 5.74) is 1.10. The van der Waals surface area contributed by atoms with E-state index in [4.69, 9.17) is 23.2 Å². The molecule has 0 spiro atoms. The summed E-state index contributed by atoms with van der Waals surface area (Å²) >= 11 is 13.3. The van der Waals surface area contributed by atoms with E-state index in [9.17, 15) is 13.2 Å².